The molecular weight excluding hydrogens is 192 g/mol. The molecule has 0 spiro atoms. The minimum Gasteiger partial charge on any atom is -0.480 e. The van der Waals surface area contributed by atoms with Crippen molar-refractivity contribution in [1.82, 2.24) is 0 Å². The van der Waals surface area contributed by atoms with E-state index in [4.69, 9.17) is 10.8 Å². The van der Waals surface area contributed by atoms with Gasteiger partial charge in [0.05, 0.1) is 13.0 Å². The highest BCUT2D eigenvalue weighted by Crippen LogP contribution is 1.91. The average Bonchev–Trinajstić information content (AvgIpc) is 2.12. The first-order chi connectivity index (χ1) is 6.57. The summed E-state index contributed by atoms with van der Waals surface area (Å²) < 4.78 is 0. The lowest BCUT2D eigenvalue weighted by atomic mass is 10.2. The molecule has 0 aliphatic rings. The van der Waals surface area contributed by atoms with Gasteiger partial charge in [0.2, 0.25) is 6.40 Å². The molecule has 0 aromatic rings. The van der Waals surface area contributed by atoms with Crippen LogP contribution in [0.15, 0.2) is 4.99 Å². The molecule has 0 radical (unpaired) electrons. The first-order valence-electron chi connectivity index (χ1n) is 3.90. The lowest BCUT2D eigenvalue weighted by Gasteiger charge is -2.00. The minimum absolute atomic E-state index is 0.314. The summed E-state index contributed by atoms with van der Waals surface area (Å²) in [7, 11) is 0. The summed E-state index contributed by atoms with van der Waals surface area (Å²) in [5, 5.41) is 8.36. The summed E-state index contributed by atoms with van der Waals surface area (Å²) in [6, 6.07) is -1.24. The van der Waals surface area contributed by atoms with Gasteiger partial charge in [-0.1, -0.05) is 0 Å². The maximum atomic E-state index is 10.8. The van der Waals surface area contributed by atoms with E-state index in [9.17, 15) is 9.59 Å². The van der Waals surface area contributed by atoms with Crippen LogP contribution in [0.4, 0.5) is 0 Å². The third kappa shape index (κ3) is 6.09. The van der Waals surface area contributed by atoms with Crippen molar-refractivity contribution in [3.8, 4) is 0 Å². The Bertz CT molecular complexity index is 228. The number of carbonyl (C=O) groups is 2. The summed E-state index contributed by atoms with van der Waals surface area (Å²) in [6.07, 6.45) is 0.418. The Hall–Kier alpha value is -1.47. The van der Waals surface area contributed by atoms with E-state index in [0.29, 0.717) is 6.61 Å². The Morgan fingerprint density at radius 2 is 2.29 bits per heavy atom. The van der Waals surface area contributed by atoms with Crippen LogP contribution in [0.1, 0.15) is 13.3 Å². The second-order valence-electron chi connectivity index (χ2n) is 2.28. The quantitative estimate of drug-likeness (QED) is 0.195. The molecule has 1 unspecified atom stereocenters. The van der Waals surface area contributed by atoms with E-state index in [1.54, 1.807) is 6.92 Å². The average molecular weight is 204 g/mol. The van der Waals surface area contributed by atoms with Gasteiger partial charge < -0.3 is 15.7 Å². The van der Waals surface area contributed by atoms with Gasteiger partial charge in [0.15, 0.2) is 0 Å². The van der Waals surface area contributed by atoms with Crippen LogP contribution in [-0.2, 0) is 19.4 Å². The summed E-state index contributed by atoms with van der Waals surface area (Å²) >= 11 is 0. The normalized spacial score (nSPS) is 12.7. The molecule has 3 N–H and O–H groups in total. The largest absolute Gasteiger partial charge is 0.480 e. The summed E-state index contributed by atoms with van der Waals surface area (Å²) in [5.74, 6) is -1.93. The first kappa shape index (κ1) is 12.5. The molecule has 0 saturated carbocycles. The molecular formula is C7H12N2O5. The minimum atomic E-state index is -1.25. The van der Waals surface area contributed by atoms with Crippen LogP contribution >= 0.6 is 0 Å². The number of hydrogen-bond acceptors (Lipinski definition) is 5. The number of hydrogen-bond donors (Lipinski definition) is 2. The highest BCUT2D eigenvalue weighted by atomic mass is 17.2. The van der Waals surface area contributed by atoms with Crippen LogP contribution in [0.3, 0.4) is 0 Å². The number of carboxylic acids is 1. The van der Waals surface area contributed by atoms with Crippen LogP contribution in [0.5, 0.6) is 0 Å². The topological polar surface area (TPSA) is 111 Å². The number of nitrogens with two attached hydrogens (primary N) is 1. The van der Waals surface area contributed by atoms with Gasteiger partial charge in [0.1, 0.15) is 6.04 Å². The first-order valence-corrected chi connectivity index (χ1v) is 3.90. The number of carbonyl (C=O) groups excluding carboxylic acids is 1. The molecule has 14 heavy (non-hydrogen) atoms. The van der Waals surface area contributed by atoms with Crippen molar-refractivity contribution in [3.05, 3.63) is 0 Å². The van der Waals surface area contributed by atoms with Crippen LogP contribution in [-0.4, -0.2) is 36.0 Å². The third-order valence-corrected chi connectivity index (χ3v) is 1.14. The van der Waals surface area contributed by atoms with Crippen molar-refractivity contribution in [3.63, 3.8) is 0 Å². The van der Waals surface area contributed by atoms with Crippen LogP contribution in [0, 0.1) is 0 Å². The monoisotopic (exact) mass is 204 g/mol. The van der Waals surface area contributed by atoms with Crippen molar-refractivity contribution in [2.24, 2.45) is 10.7 Å². The molecule has 0 aromatic carbocycles. The molecule has 0 bridgehead atoms. The van der Waals surface area contributed by atoms with Gasteiger partial charge in [-0.15, -0.1) is 0 Å². The molecule has 0 fully saturated rings. The van der Waals surface area contributed by atoms with Crippen molar-refractivity contribution < 1.29 is 24.5 Å². The van der Waals surface area contributed by atoms with E-state index in [2.05, 4.69) is 14.8 Å². The Balaban J connectivity index is 3.75. The molecule has 1 atom stereocenters. The van der Waals surface area contributed by atoms with E-state index in [-0.39, 0.29) is 6.42 Å². The zero-order valence-corrected chi connectivity index (χ0v) is 7.67. The van der Waals surface area contributed by atoms with Crippen molar-refractivity contribution in [2.75, 3.05) is 6.61 Å². The van der Waals surface area contributed by atoms with E-state index in [0.717, 1.165) is 6.40 Å². The summed E-state index contributed by atoms with van der Waals surface area (Å²) in [6.45, 7) is 2.00. The molecule has 0 aliphatic carbocycles. The van der Waals surface area contributed by atoms with Crippen molar-refractivity contribution in [2.45, 2.75) is 19.4 Å². The maximum absolute atomic E-state index is 10.8. The van der Waals surface area contributed by atoms with Gasteiger partial charge in [-0.05, 0) is 6.92 Å². The van der Waals surface area contributed by atoms with Gasteiger partial charge in [-0.3, -0.25) is 9.59 Å². The van der Waals surface area contributed by atoms with E-state index in [1.807, 2.05) is 0 Å². The molecule has 7 nitrogen and oxygen atoms in total. The van der Waals surface area contributed by atoms with Gasteiger partial charge in [-0.25, -0.2) is 0 Å². The number of aliphatic carboxylic acids is 1. The zero-order valence-electron chi connectivity index (χ0n) is 7.67. The number of nitrogens with zero attached hydrogens (tertiary/aromatic N) is 1. The number of aliphatic imine (C=N–C) groups is 1. The second-order valence-corrected chi connectivity index (χ2v) is 2.28. The van der Waals surface area contributed by atoms with Crippen molar-refractivity contribution in [1.29, 1.82) is 0 Å². The van der Waals surface area contributed by atoms with Gasteiger partial charge in [0, 0.05) is 0 Å². The molecule has 0 saturated heterocycles. The van der Waals surface area contributed by atoms with Gasteiger partial charge in [0.25, 0.3) is 5.91 Å². The standard InChI is InChI=1S/C7H12N2O5/c1-2-13-14-4-9-6(10)3-5(8)7(11)12/h4-5H,2-3,8H2,1H3,(H,11,12). The highest BCUT2D eigenvalue weighted by molar-refractivity contribution is 5.87. The summed E-state index contributed by atoms with van der Waals surface area (Å²) in [5.41, 5.74) is 5.08. The Morgan fingerprint density at radius 3 is 2.79 bits per heavy atom. The Morgan fingerprint density at radius 1 is 1.64 bits per heavy atom. The predicted octanol–water partition coefficient (Wildman–Crippen LogP) is -0.689. The number of amides is 1. The summed E-state index contributed by atoms with van der Waals surface area (Å²) in [4.78, 5) is 33.0. The Labute approximate surface area is 80.4 Å². The lowest BCUT2D eigenvalue weighted by Crippen LogP contribution is -2.32. The predicted molar refractivity (Wildman–Crippen MR) is 46.4 cm³/mol. The van der Waals surface area contributed by atoms with E-state index < -0.39 is 17.9 Å². The van der Waals surface area contributed by atoms with E-state index >= 15 is 0 Å². The lowest BCUT2D eigenvalue weighted by molar-refractivity contribution is -0.211. The van der Waals surface area contributed by atoms with Crippen LogP contribution in [0.2, 0.25) is 0 Å². The molecule has 0 heterocycles. The highest BCUT2D eigenvalue weighted by Gasteiger charge is 2.15. The molecule has 1 amide bonds. The fraction of sp³-hybridized carbons (Fsp3) is 0.571. The van der Waals surface area contributed by atoms with Gasteiger partial charge >= 0.3 is 5.97 Å². The molecule has 7 heteroatoms. The number of carboxylic acid groups (broad SMARTS) is 1. The molecule has 0 rings (SSSR count). The SMILES string of the molecule is CCOOC=NC(=O)CC(N)C(=O)O. The van der Waals surface area contributed by atoms with Crippen molar-refractivity contribution >= 4 is 18.3 Å². The van der Waals surface area contributed by atoms with E-state index in [1.165, 1.54) is 0 Å². The molecule has 80 valence electrons. The molecule has 0 aromatic heterocycles. The number of rotatable bonds is 6. The smallest absolute Gasteiger partial charge is 0.321 e. The van der Waals surface area contributed by atoms with Gasteiger partial charge in [-0.2, -0.15) is 9.88 Å². The van der Waals surface area contributed by atoms with Crippen LogP contribution in [0.25, 0.3) is 0 Å². The fourth-order valence-corrected chi connectivity index (χ4v) is 0.507. The zero-order chi connectivity index (χ0) is 11.0. The molecule has 0 aliphatic heterocycles. The maximum Gasteiger partial charge on any atom is 0.321 e. The fourth-order valence-electron chi connectivity index (χ4n) is 0.507. The Kier molecular flexibility index (Phi) is 6.25. The third-order valence-electron chi connectivity index (χ3n) is 1.14. The van der Waals surface area contributed by atoms with Crippen LogP contribution < -0.4 is 5.73 Å². The second kappa shape index (κ2) is 6.98.